The van der Waals surface area contributed by atoms with E-state index in [9.17, 15) is 9.90 Å². The van der Waals surface area contributed by atoms with Crippen molar-refractivity contribution in [1.29, 1.82) is 5.41 Å². The second-order valence-electron chi connectivity index (χ2n) is 3.00. The first kappa shape index (κ1) is 8.79. The van der Waals surface area contributed by atoms with Gasteiger partial charge in [-0.2, -0.15) is 0 Å². The van der Waals surface area contributed by atoms with Gasteiger partial charge in [-0.25, -0.2) is 4.79 Å². The molecular weight excluding hydrogens is 162 g/mol. The van der Waals surface area contributed by atoms with Crippen molar-refractivity contribution in [3.63, 3.8) is 0 Å². The van der Waals surface area contributed by atoms with E-state index in [1.54, 1.807) is 0 Å². The molecule has 0 spiro atoms. The molecule has 1 aliphatic carbocycles. The highest BCUT2D eigenvalue weighted by Crippen LogP contribution is 2.32. The van der Waals surface area contributed by atoms with Gasteiger partial charge in [0.2, 0.25) is 0 Å². The zero-order valence-corrected chi connectivity index (χ0v) is 6.37. The number of carbonyl (C=O) groups is 1. The number of guanidine groups is 1. The molecule has 0 saturated heterocycles. The van der Waals surface area contributed by atoms with E-state index in [0.717, 1.165) is 0 Å². The Morgan fingerprint density at radius 1 is 1.67 bits per heavy atom. The lowest BCUT2D eigenvalue weighted by atomic mass is 9.76. The smallest absolute Gasteiger partial charge is 0.335 e. The van der Waals surface area contributed by atoms with Gasteiger partial charge in [-0.05, 0) is 0 Å². The van der Waals surface area contributed by atoms with Gasteiger partial charge in [0.15, 0.2) is 11.6 Å². The number of nitrogens with two attached hydrogens (primary N) is 1. The van der Waals surface area contributed by atoms with Crippen molar-refractivity contribution in [2.75, 3.05) is 0 Å². The summed E-state index contributed by atoms with van der Waals surface area (Å²) in [5, 5.41) is 27.1. The monoisotopic (exact) mass is 173 g/mol. The van der Waals surface area contributed by atoms with Crippen molar-refractivity contribution in [2.45, 2.75) is 24.5 Å². The molecule has 0 radical (unpaired) electrons. The van der Waals surface area contributed by atoms with Crippen molar-refractivity contribution in [1.82, 2.24) is 5.32 Å². The van der Waals surface area contributed by atoms with E-state index in [0.29, 0.717) is 0 Å². The summed E-state index contributed by atoms with van der Waals surface area (Å²) in [7, 11) is 0. The topological polar surface area (TPSA) is 119 Å². The summed E-state index contributed by atoms with van der Waals surface area (Å²) in [4.78, 5) is 10.4. The van der Waals surface area contributed by atoms with Crippen LogP contribution >= 0.6 is 0 Å². The highest BCUT2D eigenvalue weighted by molar-refractivity contribution is 5.80. The average Bonchev–Trinajstić information content (AvgIpc) is 1.82. The van der Waals surface area contributed by atoms with E-state index in [-0.39, 0.29) is 24.8 Å². The minimum absolute atomic E-state index is 0.0991. The van der Waals surface area contributed by atoms with Gasteiger partial charge < -0.3 is 21.3 Å². The Kier molecular flexibility index (Phi) is 1.93. The van der Waals surface area contributed by atoms with Gasteiger partial charge in [0.25, 0.3) is 0 Å². The molecule has 1 fully saturated rings. The van der Waals surface area contributed by atoms with Gasteiger partial charge in [0, 0.05) is 18.9 Å². The third-order valence-electron chi connectivity index (χ3n) is 1.93. The number of nitrogens with one attached hydrogen (secondary N) is 2. The van der Waals surface area contributed by atoms with E-state index in [1.807, 2.05) is 0 Å². The average molecular weight is 173 g/mol. The predicted octanol–water partition coefficient (Wildman–Crippen LogP) is -1.55. The highest BCUT2D eigenvalue weighted by Gasteiger charge is 2.49. The van der Waals surface area contributed by atoms with Crippen LogP contribution in [0.1, 0.15) is 12.8 Å². The zero-order valence-electron chi connectivity index (χ0n) is 6.37. The summed E-state index contributed by atoms with van der Waals surface area (Å²) >= 11 is 0. The molecule has 1 rings (SSSR count). The Hall–Kier alpha value is -1.30. The van der Waals surface area contributed by atoms with Crippen molar-refractivity contribution >= 4 is 11.9 Å². The number of hydrogen-bond donors (Lipinski definition) is 5. The van der Waals surface area contributed by atoms with Crippen molar-refractivity contribution in [3.8, 4) is 0 Å². The predicted molar refractivity (Wildman–Crippen MR) is 40.7 cm³/mol. The lowest BCUT2D eigenvalue weighted by molar-refractivity contribution is -0.170. The SMILES string of the molecule is N=C(N)NC1CC(O)(C(=O)O)C1. The van der Waals surface area contributed by atoms with E-state index in [1.165, 1.54) is 0 Å². The second kappa shape index (κ2) is 2.63. The van der Waals surface area contributed by atoms with Gasteiger partial charge in [-0.1, -0.05) is 0 Å². The van der Waals surface area contributed by atoms with Crippen molar-refractivity contribution < 1.29 is 15.0 Å². The van der Waals surface area contributed by atoms with Crippen LogP contribution in [-0.4, -0.2) is 33.8 Å². The third kappa shape index (κ3) is 1.48. The largest absolute Gasteiger partial charge is 0.479 e. The maximum Gasteiger partial charge on any atom is 0.335 e. The Bertz CT molecular complexity index is 222. The number of hydrogen-bond acceptors (Lipinski definition) is 3. The fourth-order valence-corrected chi connectivity index (χ4v) is 1.25. The first-order valence-corrected chi connectivity index (χ1v) is 3.50. The maximum atomic E-state index is 10.4. The standard InChI is InChI=1S/C6H11N3O3/c7-5(8)9-3-1-6(12,2-3)4(10)11/h3,12H,1-2H2,(H,10,11)(H4,7,8,9). The molecule has 1 saturated carbocycles. The lowest BCUT2D eigenvalue weighted by Gasteiger charge is -2.40. The molecule has 12 heavy (non-hydrogen) atoms. The minimum Gasteiger partial charge on any atom is -0.479 e. The molecule has 68 valence electrons. The van der Waals surface area contributed by atoms with E-state index in [2.05, 4.69) is 5.32 Å². The van der Waals surface area contributed by atoms with E-state index < -0.39 is 11.6 Å². The first-order chi connectivity index (χ1) is 5.44. The molecule has 0 aliphatic heterocycles. The molecule has 1 aliphatic rings. The summed E-state index contributed by atoms with van der Waals surface area (Å²) < 4.78 is 0. The number of carboxylic acid groups (broad SMARTS) is 1. The van der Waals surface area contributed by atoms with Crippen LogP contribution in [0.15, 0.2) is 0 Å². The fourth-order valence-electron chi connectivity index (χ4n) is 1.25. The molecule has 0 unspecified atom stereocenters. The lowest BCUT2D eigenvalue weighted by Crippen LogP contribution is -2.59. The summed E-state index contributed by atoms with van der Waals surface area (Å²) in [6.45, 7) is 0. The fraction of sp³-hybridized carbons (Fsp3) is 0.667. The number of aliphatic hydroxyl groups is 1. The van der Waals surface area contributed by atoms with Gasteiger partial charge in [-0.3, -0.25) is 5.41 Å². The molecule has 0 aromatic heterocycles. The number of carboxylic acids is 1. The Morgan fingerprint density at radius 3 is 2.50 bits per heavy atom. The maximum absolute atomic E-state index is 10.4. The Labute approximate surface area is 68.9 Å². The van der Waals surface area contributed by atoms with Gasteiger partial charge >= 0.3 is 5.97 Å². The minimum atomic E-state index is -1.62. The highest BCUT2D eigenvalue weighted by atomic mass is 16.4. The zero-order chi connectivity index (χ0) is 9.35. The molecule has 0 amide bonds. The molecule has 0 atom stereocenters. The summed E-state index contributed by atoms with van der Waals surface area (Å²) in [6, 6.07) is -0.191. The van der Waals surface area contributed by atoms with Gasteiger partial charge in [-0.15, -0.1) is 0 Å². The van der Waals surface area contributed by atoms with Crippen LogP contribution in [0.4, 0.5) is 0 Å². The van der Waals surface area contributed by atoms with E-state index >= 15 is 0 Å². The van der Waals surface area contributed by atoms with Gasteiger partial charge in [0.1, 0.15) is 0 Å². The van der Waals surface area contributed by atoms with Crippen LogP contribution < -0.4 is 11.1 Å². The summed E-state index contributed by atoms with van der Waals surface area (Å²) in [5.74, 6) is -1.42. The first-order valence-electron chi connectivity index (χ1n) is 3.50. The molecule has 0 aromatic rings. The molecule has 6 nitrogen and oxygen atoms in total. The molecule has 0 heterocycles. The van der Waals surface area contributed by atoms with Crippen LogP contribution in [0.3, 0.4) is 0 Å². The molecule has 6 heteroatoms. The molecule has 6 N–H and O–H groups in total. The summed E-state index contributed by atoms with van der Waals surface area (Å²) in [5.41, 5.74) is 3.39. The quantitative estimate of drug-likeness (QED) is 0.256. The Morgan fingerprint density at radius 2 is 2.17 bits per heavy atom. The van der Waals surface area contributed by atoms with Crippen molar-refractivity contribution in [2.24, 2.45) is 5.73 Å². The van der Waals surface area contributed by atoms with Crippen molar-refractivity contribution in [3.05, 3.63) is 0 Å². The molecule has 0 bridgehead atoms. The summed E-state index contributed by atoms with van der Waals surface area (Å²) in [6.07, 6.45) is 0.198. The van der Waals surface area contributed by atoms with Crippen LogP contribution in [0.2, 0.25) is 0 Å². The van der Waals surface area contributed by atoms with Crippen LogP contribution in [0.5, 0.6) is 0 Å². The normalized spacial score (nSPS) is 33.6. The molecular formula is C6H11N3O3. The van der Waals surface area contributed by atoms with Crippen LogP contribution in [0, 0.1) is 5.41 Å². The Balaban J connectivity index is 2.37. The number of aliphatic carboxylic acids is 1. The van der Waals surface area contributed by atoms with Crippen LogP contribution in [0.25, 0.3) is 0 Å². The third-order valence-corrected chi connectivity index (χ3v) is 1.93. The van der Waals surface area contributed by atoms with Crippen LogP contribution in [-0.2, 0) is 4.79 Å². The second-order valence-corrected chi connectivity index (χ2v) is 3.00. The van der Waals surface area contributed by atoms with E-state index in [4.69, 9.17) is 16.2 Å². The number of rotatable bonds is 2. The van der Waals surface area contributed by atoms with Gasteiger partial charge in [0.05, 0.1) is 0 Å². The molecule has 0 aromatic carbocycles.